The molecule has 3 aliphatic rings. The Labute approximate surface area is 884 Å². The summed E-state index contributed by atoms with van der Waals surface area (Å²) < 4.78 is 63.4. The van der Waals surface area contributed by atoms with E-state index in [2.05, 4.69) is 209 Å². The number of ether oxygens (including phenoxy) is 12. The van der Waals surface area contributed by atoms with Gasteiger partial charge in [-0.1, -0.05) is 263 Å². The van der Waals surface area contributed by atoms with Crippen molar-refractivity contribution in [3.63, 3.8) is 0 Å². The van der Waals surface area contributed by atoms with Gasteiger partial charge < -0.3 is 56.8 Å². The van der Waals surface area contributed by atoms with Gasteiger partial charge in [0.15, 0.2) is 0 Å². The lowest BCUT2D eigenvalue weighted by Crippen LogP contribution is -2.41. The number of hydrogen-bond donors (Lipinski definition) is 0. The molecule has 0 N–H and O–H groups in total. The zero-order chi connectivity index (χ0) is 108. The Kier molecular flexibility index (Phi) is 39.6. The number of carbonyl (C=O) groups is 6. The fraction of sp³-hybridized carbons (Fsp3) is 0.359. The first kappa shape index (κ1) is 115. The fourth-order valence-electron chi connectivity index (χ4n) is 21.1. The number of benzene rings is 13. The highest BCUT2D eigenvalue weighted by Gasteiger charge is 2.46. The van der Waals surface area contributed by atoms with Crippen molar-refractivity contribution in [2.45, 2.75) is 254 Å². The van der Waals surface area contributed by atoms with E-state index < -0.39 is 0 Å². The van der Waals surface area contributed by atoms with Crippen LogP contribution in [0.15, 0.2) is 285 Å². The second-order valence-electron chi connectivity index (χ2n) is 41.5. The summed E-state index contributed by atoms with van der Waals surface area (Å²) in [7, 11) is 10.1. The maximum absolute atomic E-state index is 11.4. The minimum absolute atomic E-state index is 0.0226. The van der Waals surface area contributed by atoms with Crippen LogP contribution < -0.4 is 56.8 Å². The number of esters is 6. The first-order valence-electron chi connectivity index (χ1n) is 51.6. The zero-order valence-corrected chi connectivity index (χ0v) is 92.3. The van der Waals surface area contributed by atoms with Crippen LogP contribution >= 0.6 is 0 Å². The Morgan fingerprint density at radius 2 is 0.483 bits per heavy atom. The van der Waals surface area contributed by atoms with Crippen LogP contribution in [0.2, 0.25) is 0 Å². The molecular weight excluding hydrogens is 1860 g/mol. The molecule has 16 rings (SSSR count). The topological polar surface area (TPSA) is 213 Å². The number of hydrogen-bond acceptors (Lipinski definition) is 18. The molecule has 3 saturated carbocycles. The van der Waals surface area contributed by atoms with Crippen molar-refractivity contribution in [1.82, 2.24) is 0 Å². The Morgan fingerprint density at radius 3 is 0.779 bits per heavy atom. The molecule has 0 heterocycles. The van der Waals surface area contributed by atoms with E-state index in [1.54, 1.807) is 42.7 Å². The first-order valence-corrected chi connectivity index (χ1v) is 51.6. The molecule has 3 atom stereocenters. The molecule has 149 heavy (non-hydrogen) atoms. The summed E-state index contributed by atoms with van der Waals surface area (Å²) in [5.74, 6) is 7.75. The van der Waals surface area contributed by atoms with Gasteiger partial charge in [0, 0.05) is 74.0 Å². The van der Waals surface area contributed by atoms with Gasteiger partial charge >= 0.3 is 35.8 Å². The molecule has 3 fully saturated rings. The van der Waals surface area contributed by atoms with Gasteiger partial charge in [-0.05, 0) is 320 Å². The van der Waals surface area contributed by atoms with Gasteiger partial charge in [-0.3, -0.25) is 28.8 Å². The first-order chi connectivity index (χ1) is 70.9. The third kappa shape index (κ3) is 28.7. The normalized spacial score (nSPS) is 15.6. The Morgan fingerprint density at radius 1 is 0.242 bits per heavy atom. The SMILES string of the molecule is COc1ccc(C(C)(C)c2ccc(OC(C)=O)c(C)c2)cc1C.COc1ccc(C(C)(C)c2ccc(OC(C)=O)cc2)cc1.COc1ccc(C(C)(c2ccccc2)c2ccc(OC(C)=O)cc2)cc1.COc1ccc(C2(c3ccc(OC(C)=O)c(C)c3)CCC(C)(C)C(C)C2)cc1C.COc1ccc(C2(c3ccc(OC(C)=O)c(C)c3)CCCCC2)cc1C.COc1ccc(C2(c3ccc(OC(C)=O)cc3)CCCCC2)cc1. The van der Waals surface area contributed by atoms with Crippen molar-refractivity contribution in [2.75, 3.05) is 42.7 Å². The van der Waals surface area contributed by atoms with Crippen LogP contribution in [0.3, 0.4) is 0 Å². The van der Waals surface area contributed by atoms with Crippen molar-refractivity contribution >= 4 is 35.8 Å². The Balaban J connectivity index is 0.000000170. The highest BCUT2D eigenvalue weighted by Crippen LogP contribution is 2.55. The summed E-state index contributed by atoms with van der Waals surface area (Å²) in [4.78, 5) is 67.1. The van der Waals surface area contributed by atoms with E-state index in [0.29, 0.717) is 45.8 Å². The molecule has 18 heteroatoms. The molecule has 0 aliphatic heterocycles. The lowest BCUT2D eigenvalue weighted by molar-refractivity contribution is -0.132. The third-order valence-electron chi connectivity index (χ3n) is 30.4. The average Bonchev–Trinajstić information content (AvgIpc) is 0.741. The van der Waals surface area contributed by atoms with E-state index in [1.165, 1.54) is 148 Å². The van der Waals surface area contributed by atoms with Gasteiger partial charge in [-0.2, -0.15) is 0 Å². The molecule has 784 valence electrons. The molecule has 0 aromatic heterocycles. The highest BCUT2D eigenvalue weighted by atomic mass is 16.6. The van der Waals surface area contributed by atoms with Crippen LogP contribution in [0.4, 0.5) is 0 Å². The van der Waals surface area contributed by atoms with Gasteiger partial charge in [0.1, 0.15) is 69.0 Å². The molecule has 0 amide bonds. The maximum atomic E-state index is 11.4. The van der Waals surface area contributed by atoms with Crippen molar-refractivity contribution in [3.05, 3.63) is 391 Å². The Bertz CT molecular complexity index is 6680. The average molecular weight is 2010 g/mol. The van der Waals surface area contributed by atoms with Crippen LogP contribution in [0, 0.1) is 52.9 Å². The minimum atomic E-state index is -0.345. The number of carbonyl (C=O) groups excluding carboxylic acids is 6. The summed E-state index contributed by atoms with van der Waals surface area (Å²) in [6.07, 6.45) is 15.5. The van der Waals surface area contributed by atoms with Gasteiger partial charge in [0.05, 0.1) is 42.7 Å². The summed E-state index contributed by atoms with van der Waals surface area (Å²) in [5.41, 5.74) is 22.3. The predicted octanol–water partition coefficient (Wildman–Crippen LogP) is 30.2. The number of methoxy groups -OCH3 is 6. The van der Waals surface area contributed by atoms with Gasteiger partial charge in [-0.15, -0.1) is 0 Å². The summed E-state index contributed by atoms with van der Waals surface area (Å²) in [6.45, 7) is 38.8. The van der Waals surface area contributed by atoms with E-state index in [1.807, 2.05) is 173 Å². The lowest BCUT2D eigenvalue weighted by atomic mass is 9.55. The number of aryl methyl sites for hydroxylation is 6. The molecule has 0 spiro atoms. The van der Waals surface area contributed by atoms with E-state index in [-0.39, 0.29) is 68.3 Å². The van der Waals surface area contributed by atoms with E-state index in [4.69, 9.17) is 56.8 Å². The molecule has 0 saturated heterocycles. The van der Waals surface area contributed by atoms with E-state index in [0.717, 1.165) is 118 Å². The smallest absolute Gasteiger partial charge is 0.308 e. The number of rotatable bonds is 25. The second-order valence-corrected chi connectivity index (χ2v) is 41.5. The molecule has 3 aliphatic carbocycles. The summed E-state index contributed by atoms with van der Waals surface area (Å²) in [5, 5.41) is 0. The quantitative estimate of drug-likeness (QED) is 0.0295. The van der Waals surface area contributed by atoms with Crippen molar-refractivity contribution in [3.8, 4) is 69.0 Å². The monoisotopic (exact) mass is 2010 g/mol. The minimum Gasteiger partial charge on any atom is -0.497 e. The van der Waals surface area contributed by atoms with E-state index in [9.17, 15) is 28.8 Å². The third-order valence-corrected chi connectivity index (χ3v) is 30.4. The zero-order valence-electron chi connectivity index (χ0n) is 92.3. The molecule has 13 aromatic carbocycles. The van der Waals surface area contributed by atoms with Crippen molar-refractivity contribution in [2.24, 2.45) is 11.3 Å². The van der Waals surface area contributed by atoms with E-state index >= 15 is 0 Å². The largest absolute Gasteiger partial charge is 0.497 e. The molecule has 18 nitrogen and oxygen atoms in total. The molecular formula is C131H152O18. The standard InChI is InChI=1S/C26H34O3.C23H28O3.C23H22O3.C21H24O3.C20H24O3.C18H20O3/c1-17-14-21(8-10-23(17)28-7)26(13-12-25(5,6)19(3)16-26)22-9-11-24(18(2)15-22)29-20(4)27;1-16-14-19(8-10-21(16)25-4)23(12-6-5-7-13-23)20-9-11-22(17(2)15-20)26-18(3)24;1-17(24)26-22-15-11-20(12-16-22)23(2,18-7-5-4-6-8-18)19-9-13-21(25-3)14-10-19;1-16(22)24-20-12-8-18(9-13-20)21(14-4-3-5-15-21)17-6-10-19(23-2)11-7-17;1-13-11-16(7-9-18(13)22-6)20(4,5)17-8-10-19(14(2)12-17)23-15(3)21;1-13(19)21-17-11-7-15(8-12-17)18(2,3)14-5-9-16(20-4)10-6-14/h8-11,14-15,19H,12-13,16H2,1-7H3;8-11,14-15H,5-7,12-13H2,1-4H3;4-16H,1-3H3;6-13H,3-5,14-15H2,1-2H3;7-12H,1-6H3;5-12H,1-4H3. The summed E-state index contributed by atoms with van der Waals surface area (Å²) in [6, 6.07) is 96.3. The van der Waals surface area contributed by atoms with Crippen LogP contribution in [0.25, 0.3) is 0 Å². The molecule has 3 unspecified atom stereocenters. The van der Waals surface area contributed by atoms with Crippen LogP contribution in [-0.4, -0.2) is 78.5 Å². The molecule has 13 aromatic rings. The van der Waals surface area contributed by atoms with Gasteiger partial charge in [0.2, 0.25) is 0 Å². The lowest BCUT2D eigenvalue weighted by Gasteiger charge is -2.49. The predicted molar refractivity (Wildman–Crippen MR) is 594 cm³/mol. The second kappa shape index (κ2) is 51.4. The van der Waals surface area contributed by atoms with Crippen LogP contribution in [0.5, 0.6) is 69.0 Å². The van der Waals surface area contributed by atoms with Crippen LogP contribution in [-0.2, 0) is 61.3 Å². The van der Waals surface area contributed by atoms with Crippen LogP contribution in [0.1, 0.15) is 286 Å². The molecule has 0 radical (unpaired) electrons. The summed E-state index contributed by atoms with van der Waals surface area (Å²) >= 11 is 0. The highest BCUT2D eigenvalue weighted by molar-refractivity contribution is 5.73. The van der Waals surface area contributed by atoms with Gasteiger partial charge in [0.25, 0.3) is 0 Å². The Hall–Kier alpha value is -14.5. The van der Waals surface area contributed by atoms with Crippen molar-refractivity contribution < 1.29 is 85.6 Å². The molecule has 0 bridgehead atoms. The van der Waals surface area contributed by atoms with Crippen molar-refractivity contribution in [1.29, 1.82) is 0 Å². The fourth-order valence-corrected chi connectivity index (χ4v) is 21.1. The van der Waals surface area contributed by atoms with Gasteiger partial charge in [-0.25, -0.2) is 0 Å². The maximum Gasteiger partial charge on any atom is 0.308 e.